The molecule has 0 N–H and O–H groups in total. The normalized spacial score (nSPS) is 23.0. The lowest BCUT2D eigenvalue weighted by molar-refractivity contribution is 0.0507. The quantitative estimate of drug-likeness (QED) is 0.296. The molecule has 1 heterocycles. The van der Waals surface area contributed by atoms with Crippen LogP contribution in [-0.4, -0.2) is 13.2 Å². The molecule has 1 atom stereocenters. The Morgan fingerprint density at radius 3 is 2.15 bits per heavy atom. The second kappa shape index (κ2) is 10.9. The summed E-state index contributed by atoms with van der Waals surface area (Å²) in [6, 6.07) is 5.10. The third-order valence-corrected chi connectivity index (χ3v) is 7.21. The van der Waals surface area contributed by atoms with E-state index in [1.54, 1.807) is 6.92 Å². The van der Waals surface area contributed by atoms with E-state index in [0.29, 0.717) is 18.9 Å². The van der Waals surface area contributed by atoms with Crippen molar-refractivity contribution >= 4 is 0 Å². The zero-order chi connectivity index (χ0) is 24.2. The Bertz CT molecular complexity index is 1040. The Balaban J connectivity index is 1.49. The van der Waals surface area contributed by atoms with E-state index < -0.39 is 29.4 Å². The minimum absolute atomic E-state index is 0.0926. The second-order valence-corrected chi connectivity index (χ2v) is 9.32. The molecule has 184 valence electrons. The van der Waals surface area contributed by atoms with E-state index >= 15 is 4.39 Å². The topological polar surface area (TPSA) is 18.5 Å². The highest BCUT2D eigenvalue weighted by atomic mass is 19.2. The maximum atomic E-state index is 15.0. The molecule has 1 aliphatic heterocycles. The maximum absolute atomic E-state index is 15.0. The van der Waals surface area contributed by atoms with Crippen LogP contribution in [0.2, 0.25) is 0 Å². The summed E-state index contributed by atoms with van der Waals surface area (Å²) < 4.78 is 69.7. The van der Waals surface area contributed by atoms with Gasteiger partial charge in [0.25, 0.3) is 0 Å². The highest BCUT2D eigenvalue weighted by Gasteiger charge is 2.29. The van der Waals surface area contributed by atoms with E-state index in [0.717, 1.165) is 18.8 Å². The third kappa shape index (κ3) is 5.02. The van der Waals surface area contributed by atoms with Crippen molar-refractivity contribution in [3.63, 3.8) is 0 Å². The standard InChI is InChI=1S/C28H32F4O2/c1-3-5-17-6-8-18(9-7-17)19-10-14-23(34-16-19)22-12-11-20(25(29)27(22)31)21-13-15-24(33-4-2)28(32)26(21)30/h10-13,15,17-18,23H,3-9,14,16H2,1-2H3. The molecule has 2 aromatic carbocycles. The van der Waals surface area contributed by atoms with E-state index in [9.17, 15) is 13.2 Å². The van der Waals surface area contributed by atoms with E-state index in [1.165, 1.54) is 55.5 Å². The first-order chi connectivity index (χ1) is 16.4. The first-order valence-corrected chi connectivity index (χ1v) is 12.3. The van der Waals surface area contributed by atoms with Gasteiger partial charge in [-0.1, -0.05) is 38.0 Å². The Kier molecular flexibility index (Phi) is 7.97. The van der Waals surface area contributed by atoms with Gasteiger partial charge in [-0.15, -0.1) is 0 Å². The van der Waals surface area contributed by atoms with Gasteiger partial charge >= 0.3 is 0 Å². The van der Waals surface area contributed by atoms with E-state index in [-0.39, 0.29) is 29.0 Å². The molecule has 1 unspecified atom stereocenters. The summed E-state index contributed by atoms with van der Waals surface area (Å²) in [4.78, 5) is 0. The lowest BCUT2D eigenvalue weighted by Gasteiger charge is -2.33. The number of rotatable bonds is 7. The predicted octanol–water partition coefficient (Wildman–Crippen LogP) is 8.30. The number of ether oxygens (including phenoxy) is 2. The zero-order valence-electron chi connectivity index (χ0n) is 19.8. The summed E-state index contributed by atoms with van der Waals surface area (Å²) in [5.74, 6) is -3.73. The minimum atomic E-state index is -1.27. The largest absolute Gasteiger partial charge is 0.491 e. The molecule has 0 spiro atoms. The van der Waals surface area contributed by atoms with Gasteiger partial charge in [-0.3, -0.25) is 0 Å². The molecule has 0 radical (unpaired) electrons. The van der Waals surface area contributed by atoms with Gasteiger partial charge in [0.15, 0.2) is 23.2 Å². The van der Waals surface area contributed by atoms with Crippen LogP contribution in [0.5, 0.6) is 5.75 Å². The molecular formula is C28H32F4O2. The van der Waals surface area contributed by atoms with Gasteiger partial charge in [-0.05, 0) is 68.6 Å². The molecule has 2 aliphatic rings. The van der Waals surface area contributed by atoms with Gasteiger partial charge in [0.1, 0.15) is 0 Å². The fraction of sp³-hybridized carbons (Fsp3) is 0.500. The van der Waals surface area contributed by atoms with Crippen LogP contribution < -0.4 is 4.74 Å². The van der Waals surface area contributed by atoms with Crippen LogP contribution in [0.25, 0.3) is 11.1 Å². The highest BCUT2D eigenvalue weighted by molar-refractivity contribution is 5.66. The summed E-state index contributed by atoms with van der Waals surface area (Å²) in [5, 5.41) is 0. The lowest BCUT2D eigenvalue weighted by atomic mass is 9.76. The molecular weight excluding hydrogens is 444 g/mol. The van der Waals surface area contributed by atoms with Crippen molar-refractivity contribution in [3.05, 3.63) is 64.7 Å². The Hall–Kier alpha value is -2.34. The molecule has 1 saturated carbocycles. The summed E-state index contributed by atoms with van der Waals surface area (Å²) >= 11 is 0. The Morgan fingerprint density at radius 2 is 1.53 bits per heavy atom. The number of halogens is 4. The molecule has 1 fully saturated rings. The number of benzene rings is 2. The van der Waals surface area contributed by atoms with Crippen LogP contribution >= 0.6 is 0 Å². The fourth-order valence-electron chi connectivity index (χ4n) is 5.34. The van der Waals surface area contributed by atoms with Crippen LogP contribution in [-0.2, 0) is 4.74 Å². The van der Waals surface area contributed by atoms with Crippen molar-refractivity contribution in [1.29, 1.82) is 0 Å². The van der Waals surface area contributed by atoms with Crippen LogP contribution in [0.1, 0.15) is 70.5 Å². The maximum Gasteiger partial charge on any atom is 0.201 e. The van der Waals surface area contributed by atoms with Crippen LogP contribution in [0.4, 0.5) is 17.6 Å². The summed E-state index contributed by atoms with van der Waals surface area (Å²) in [7, 11) is 0. The van der Waals surface area contributed by atoms with Gasteiger partial charge in [0.2, 0.25) is 5.82 Å². The highest BCUT2D eigenvalue weighted by Crippen LogP contribution is 2.40. The van der Waals surface area contributed by atoms with Crippen molar-refractivity contribution < 1.29 is 27.0 Å². The number of hydrogen-bond acceptors (Lipinski definition) is 2. The third-order valence-electron chi connectivity index (χ3n) is 7.21. The van der Waals surface area contributed by atoms with Crippen molar-refractivity contribution in [2.24, 2.45) is 11.8 Å². The molecule has 2 nitrogen and oxygen atoms in total. The number of hydrogen-bond donors (Lipinski definition) is 0. The SMILES string of the molecule is CCCC1CCC(C2=CCC(c3ccc(-c4ccc(OCC)c(F)c4F)c(F)c3F)OC2)CC1. The van der Waals surface area contributed by atoms with Crippen molar-refractivity contribution in [3.8, 4) is 16.9 Å². The summed E-state index contributed by atoms with van der Waals surface area (Å²) in [5.41, 5.74) is 0.663. The zero-order valence-corrected chi connectivity index (χ0v) is 19.8. The molecule has 34 heavy (non-hydrogen) atoms. The van der Waals surface area contributed by atoms with Crippen molar-refractivity contribution in [2.75, 3.05) is 13.2 Å². The summed E-state index contributed by atoms with van der Waals surface area (Å²) in [6.45, 7) is 4.44. The fourth-order valence-corrected chi connectivity index (χ4v) is 5.34. The van der Waals surface area contributed by atoms with Crippen LogP contribution in [0, 0.1) is 35.1 Å². The van der Waals surface area contributed by atoms with Gasteiger partial charge in [0, 0.05) is 16.7 Å². The van der Waals surface area contributed by atoms with Crippen LogP contribution in [0.3, 0.4) is 0 Å². The molecule has 2 aromatic rings. The average molecular weight is 477 g/mol. The van der Waals surface area contributed by atoms with Crippen molar-refractivity contribution in [1.82, 2.24) is 0 Å². The van der Waals surface area contributed by atoms with Gasteiger partial charge in [-0.2, -0.15) is 4.39 Å². The summed E-state index contributed by atoms with van der Waals surface area (Å²) in [6.07, 6.45) is 9.29. The smallest absolute Gasteiger partial charge is 0.201 e. The lowest BCUT2D eigenvalue weighted by Crippen LogP contribution is -2.22. The Labute approximate surface area is 199 Å². The van der Waals surface area contributed by atoms with E-state index in [4.69, 9.17) is 9.47 Å². The molecule has 0 aromatic heterocycles. The van der Waals surface area contributed by atoms with Crippen LogP contribution in [0.15, 0.2) is 35.9 Å². The first kappa shape index (κ1) is 24.8. The molecule has 0 saturated heterocycles. The molecule has 0 bridgehead atoms. The van der Waals surface area contributed by atoms with E-state index in [1.807, 2.05) is 0 Å². The van der Waals surface area contributed by atoms with Gasteiger partial charge in [-0.25, -0.2) is 13.2 Å². The van der Waals surface area contributed by atoms with E-state index in [2.05, 4.69) is 13.0 Å². The van der Waals surface area contributed by atoms with Gasteiger partial charge < -0.3 is 9.47 Å². The molecule has 4 rings (SSSR count). The predicted molar refractivity (Wildman–Crippen MR) is 125 cm³/mol. The molecule has 0 amide bonds. The van der Waals surface area contributed by atoms with Gasteiger partial charge in [0.05, 0.1) is 19.3 Å². The Morgan fingerprint density at radius 1 is 0.853 bits per heavy atom. The molecule has 1 aliphatic carbocycles. The monoisotopic (exact) mass is 476 g/mol. The molecule has 6 heteroatoms. The second-order valence-electron chi connectivity index (χ2n) is 9.32. The minimum Gasteiger partial charge on any atom is -0.491 e. The average Bonchev–Trinajstić information content (AvgIpc) is 2.85. The van der Waals surface area contributed by atoms with Crippen molar-refractivity contribution in [2.45, 2.75) is 64.9 Å². The first-order valence-electron chi connectivity index (χ1n) is 12.3.